The van der Waals surface area contributed by atoms with Gasteiger partial charge in [0.15, 0.2) is 5.56 Å². The molecular formula is C17H17ClO4. The Morgan fingerprint density at radius 1 is 1.00 bits per heavy atom. The number of rotatable bonds is 6. The molecule has 2 rings (SSSR count). The lowest BCUT2D eigenvalue weighted by molar-refractivity contribution is 0.0445. The van der Waals surface area contributed by atoms with Crippen molar-refractivity contribution in [3.05, 3.63) is 65.7 Å². The summed E-state index contributed by atoms with van der Waals surface area (Å²) in [5.41, 5.74) is 1.24. The summed E-state index contributed by atoms with van der Waals surface area (Å²) in [7, 11) is 0. The van der Waals surface area contributed by atoms with E-state index in [1.165, 1.54) is 0 Å². The van der Waals surface area contributed by atoms with Gasteiger partial charge in [-0.15, -0.1) is 0 Å². The van der Waals surface area contributed by atoms with Gasteiger partial charge in [0, 0.05) is 0 Å². The molecule has 0 aromatic heterocycles. The molecule has 0 saturated carbocycles. The highest BCUT2D eigenvalue weighted by molar-refractivity contribution is 6.19. The van der Waals surface area contributed by atoms with Crippen LogP contribution in [0.15, 0.2) is 54.6 Å². The van der Waals surface area contributed by atoms with Crippen molar-refractivity contribution in [3.8, 4) is 5.75 Å². The maximum absolute atomic E-state index is 11.2. The van der Waals surface area contributed by atoms with Gasteiger partial charge in [0.2, 0.25) is 0 Å². The van der Waals surface area contributed by atoms with E-state index in [0.717, 1.165) is 16.9 Å². The fourth-order valence-electron chi connectivity index (χ4n) is 1.73. The smallest absolute Gasteiger partial charge is 0.489 e. The molecule has 0 N–H and O–H groups in total. The van der Waals surface area contributed by atoms with E-state index in [1.807, 2.05) is 54.6 Å². The highest BCUT2D eigenvalue weighted by Crippen LogP contribution is 2.15. The van der Waals surface area contributed by atoms with Gasteiger partial charge in [-0.05, 0) is 30.2 Å². The van der Waals surface area contributed by atoms with Crippen molar-refractivity contribution < 1.29 is 19.0 Å². The van der Waals surface area contributed by atoms with Crippen LogP contribution in [0, 0.1) is 0 Å². The van der Waals surface area contributed by atoms with Crippen LogP contribution in [0.3, 0.4) is 0 Å². The number of ether oxygens (including phenoxy) is 3. The molecule has 0 aliphatic heterocycles. The number of alkyl halides is 1. The summed E-state index contributed by atoms with van der Waals surface area (Å²) in [6.45, 7) is 2.18. The van der Waals surface area contributed by atoms with Gasteiger partial charge in [-0.1, -0.05) is 54.1 Å². The predicted molar refractivity (Wildman–Crippen MR) is 83.8 cm³/mol. The summed E-state index contributed by atoms with van der Waals surface area (Å²) in [5, 5.41) is 0. The van der Waals surface area contributed by atoms with Crippen molar-refractivity contribution in [3.63, 3.8) is 0 Å². The minimum atomic E-state index is -0.785. The lowest BCUT2D eigenvalue weighted by atomic mass is 10.2. The lowest BCUT2D eigenvalue weighted by Crippen LogP contribution is -2.11. The van der Waals surface area contributed by atoms with Crippen molar-refractivity contribution in [2.75, 3.05) is 0 Å². The second-order valence-electron chi connectivity index (χ2n) is 4.62. The number of benzene rings is 2. The Bertz CT molecular complexity index is 581. The first-order valence-electron chi connectivity index (χ1n) is 6.86. The van der Waals surface area contributed by atoms with Crippen LogP contribution in [-0.2, 0) is 22.7 Å². The predicted octanol–water partition coefficient (Wildman–Crippen LogP) is 4.50. The van der Waals surface area contributed by atoms with Crippen LogP contribution in [0.4, 0.5) is 4.79 Å². The normalized spacial score (nSPS) is 11.5. The van der Waals surface area contributed by atoms with Gasteiger partial charge < -0.3 is 14.2 Å². The van der Waals surface area contributed by atoms with Crippen LogP contribution in [-0.4, -0.2) is 11.7 Å². The Balaban J connectivity index is 1.79. The molecular weight excluding hydrogens is 304 g/mol. The van der Waals surface area contributed by atoms with E-state index in [4.69, 9.17) is 21.1 Å². The fraction of sp³-hybridized carbons (Fsp3) is 0.235. The molecule has 0 saturated heterocycles. The van der Waals surface area contributed by atoms with Gasteiger partial charge in [-0.25, -0.2) is 4.79 Å². The molecule has 116 valence electrons. The Morgan fingerprint density at radius 2 is 1.64 bits per heavy atom. The molecule has 22 heavy (non-hydrogen) atoms. The Kier molecular flexibility index (Phi) is 6.10. The fourth-order valence-corrected chi connectivity index (χ4v) is 1.80. The summed E-state index contributed by atoms with van der Waals surface area (Å²) >= 11 is 5.52. The van der Waals surface area contributed by atoms with Crippen LogP contribution >= 0.6 is 11.6 Å². The van der Waals surface area contributed by atoms with Crippen LogP contribution in [0.5, 0.6) is 5.75 Å². The molecule has 0 fully saturated rings. The molecule has 0 unspecified atom stereocenters. The van der Waals surface area contributed by atoms with E-state index in [9.17, 15) is 4.79 Å². The zero-order chi connectivity index (χ0) is 15.8. The van der Waals surface area contributed by atoms with E-state index in [-0.39, 0.29) is 6.61 Å². The van der Waals surface area contributed by atoms with E-state index in [2.05, 4.69) is 4.74 Å². The Labute approximate surface area is 134 Å². The molecule has 2 aromatic carbocycles. The van der Waals surface area contributed by atoms with E-state index >= 15 is 0 Å². The first kappa shape index (κ1) is 16.2. The van der Waals surface area contributed by atoms with Crippen molar-refractivity contribution >= 4 is 17.8 Å². The van der Waals surface area contributed by atoms with E-state index < -0.39 is 11.7 Å². The number of hydrogen-bond donors (Lipinski definition) is 0. The molecule has 4 nitrogen and oxygen atoms in total. The van der Waals surface area contributed by atoms with Crippen LogP contribution in [0.25, 0.3) is 0 Å². The van der Waals surface area contributed by atoms with Crippen molar-refractivity contribution in [2.24, 2.45) is 0 Å². The van der Waals surface area contributed by atoms with Crippen LogP contribution in [0.1, 0.15) is 18.1 Å². The maximum atomic E-state index is 11.2. The third-order valence-electron chi connectivity index (χ3n) is 2.79. The zero-order valence-corrected chi connectivity index (χ0v) is 13.0. The second-order valence-corrected chi connectivity index (χ2v) is 5.23. The summed E-state index contributed by atoms with van der Waals surface area (Å²) in [4.78, 5) is 11.2. The monoisotopic (exact) mass is 320 g/mol. The summed E-state index contributed by atoms with van der Waals surface area (Å²) in [6.07, 6.45) is -0.785. The van der Waals surface area contributed by atoms with Gasteiger partial charge in [-0.3, -0.25) is 0 Å². The largest absolute Gasteiger partial charge is 0.510 e. The topological polar surface area (TPSA) is 44.8 Å². The van der Waals surface area contributed by atoms with Crippen molar-refractivity contribution in [1.82, 2.24) is 0 Å². The summed E-state index contributed by atoms with van der Waals surface area (Å²) in [5.74, 6) is 0.754. The molecule has 0 radical (unpaired) electrons. The number of carbonyl (C=O) groups excluding carboxylic acids is 1. The molecule has 0 spiro atoms. The summed E-state index contributed by atoms with van der Waals surface area (Å²) < 4.78 is 15.3. The third-order valence-corrected chi connectivity index (χ3v) is 2.88. The van der Waals surface area contributed by atoms with Gasteiger partial charge in [0.1, 0.15) is 19.0 Å². The Morgan fingerprint density at radius 3 is 2.27 bits per heavy atom. The first-order chi connectivity index (χ1) is 10.6. The molecule has 0 bridgehead atoms. The minimum absolute atomic E-state index is 0.126. The van der Waals surface area contributed by atoms with Crippen molar-refractivity contribution in [2.45, 2.75) is 25.7 Å². The highest BCUT2D eigenvalue weighted by atomic mass is 35.5. The zero-order valence-electron chi connectivity index (χ0n) is 12.2. The van der Waals surface area contributed by atoms with Crippen LogP contribution < -0.4 is 4.74 Å². The maximum Gasteiger partial charge on any atom is 0.510 e. The first-order valence-corrected chi connectivity index (χ1v) is 7.30. The Hall–Kier alpha value is -2.20. The average Bonchev–Trinajstić information content (AvgIpc) is 2.52. The number of halogens is 1. The van der Waals surface area contributed by atoms with E-state index in [1.54, 1.807) is 6.92 Å². The van der Waals surface area contributed by atoms with Gasteiger partial charge in [-0.2, -0.15) is 0 Å². The standard InChI is InChI=1S/C17H17ClO4/c1-13(18)22-17(19)21-12-15-7-9-16(10-8-15)20-11-14-5-3-2-4-6-14/h2-10,13H,11-12H2,1H3/t13-/m1/s1. The van der Waals surface area contributed by atoms with E-state index in [0.29, 0.717) is 6.61 Å². The molecule has 0 aliphatic carbocycles. The summed E-state index contributed by atoms with van der Waals surface area (Å²) in [6, 6.07) is 17.2. The average molecular weight is 321 g/mol. The number of carbonyl (C=O) groups is 1. The van der Waals surface area contributed by atoms with Gasteiger partial charge in [0.05, 0.1) is 0 Å². The van der Waals surface area contributed by atoms with Crippen LogP contribution in [0.2, 0.25) is 0 Å². The molecule has 5 heteroatoms. The molecule has 0 amide bonds. The molecule has 1 atom stereocenters. The SMILES string of the molecule is C[C@H](Cl)OC(=O)OCc1ccc(OCc2ccccc2)cc1. The third kappa shape index (κ3) is 5.66. The lowest BCUT2D eigenvalue weighted by Gasteiger charge is -2.09. The number of hydrogen-bond acceptors (Lipinski definition) is 4. The highest BCUT2D eigenvalue weighted by Gasteiger charge is 2.07. The van der Waals surface area contributed by atoms with Gasteiger partial charge in [0.25, 0.3) is 0 Å². The molecule has 0 heterocycles. The van der Waals surface area contributed by atoms with Crippen molar-refractivity contribution in [1.29, 1.82) is 0 Å². The molecule has 0 aliphatic rings. The second kappa shape index (κ2) is 8.29. The quantitative estimate of drug-likeness (QED) is 0.580. The minimum Gasteiger partial charge on any atom is -0.489 e. The molecule has 2 aromatic rings. The van der Waals surface area contributed by atoms with Gasteiger partial charge >= 0.3 is 6.16 Å².